The molecular formula is C28H30O. The van der Waals surface area contributed by atoms with E-state index in [4.69, 9.17) is 4.42 Å². The van der Waals surface area contributed by atoms with Gasteiger partial charge >= 0.3 is 0 Å². The second-order valence-corrected chi connectivity index (χ2v) is 9.70. The fourth-order valence-corrected chi connectivity index (χ4v) is 4.89. The van der Waals surface area contributed by atoms with Crippen molar-refractivity contribution in [1.82, 2.24) is 0 Å². The minimum atomic E-state index is 0.0734. The summed E-state index contributed by atoms with van der Waals surface area (Å²) in [6.45, 7) is 6.81. The summed E-state index contributed by atoms with van der Waals surface area (Å²) in [7, 11) is 0. The van der Waals surface area contributed by atoms with Crippen molar-refractivity contribution in [2.75, 3.05) is 0 Å². The van der Waals surface area contributed by atoms with Crippen LogP contribution >= 0.6 is 0 Å². The number of rotatable bonds is 2. The van der Waals surface area contributed by atoms with Gasteiger partial charge in [-0.1, -0.05) is 82.5 Å². The zero-order valence-electron chi connectivity index (χ0n) is 17.8. The summed E-state index contributed by atoms with van der Waals surface area (Å²) in [4.78, 5) is 0. The minimum absolute atomic E-state index is 0.0734. The molecule has 3 aromatic carbocycles. The van der Waals surface area contributed by atoms with E-state index in [1.165, 1.54) is 65.1 Å². The van der Waals surface area contributed by atoms with Crippen LogP contribution in [0.4, 0.5) is 0 Å². The number of hydrogen-bond donors (Lipinski definition) is 0. The van der Waals surface area contributed by atoms with Crippen LogP contribution in [0.25, 0.3) is 33.1 Å². The summed E-state index contributed by atoms with van der Waals surface area (Å²) in [5.74, 6) is 0.744. The zero-order chi connectivity index (χ0) is 20.0. The fraction of sp³-hybridized carbons (Fsp3) is 0.357. The lowest BCUT2D eigenvalue weighted by atomic mass is 9.82. The molecule has 1 heteroatoms. The van der Waals surface area contributed by atoms with E-state index in [2.05, 4.69) is 75.4 Å². The van der Waals surface area contributed by atoms with Crippen LogP contribution in [-0.2, 0) is 5.41 Å². The Morgan fingerprint density at radius 2 is 1.52 bits per heavy atom. The van der Waals surface area contributed by atoms with E-state index in [1.807, 2.05) is 6.07 Å². The highest BCUT2D eigenvalue weighted by molar-refractivity contribution is 6.12. The van der Waals surface area contributed by atoms with Crippen LogP contribution in [-0.4, -0.2) is 0 Å². The molecule has 1 heterocycles. The Kier molecular flexibility index (Phi) is 4.50. The highest BCUT2D eigenvalue weighted by Gasteiger charge is 2.21. The molecule has 0 aliphatic heterocycles. The summed E-state index contributed by atoms with van der Waals surface area (Å²) in [5.41, 5.74) is 7.42. The van der Waals surface area contributed by atoms with Gasteiger partial charge in [0.15, 0.2) is 0 Å². The molecule has 4 aromatic rings. The molecule has 148 valence electrons. The molecule has 1 aromatic heterocycles. The number of fused-ring (bicyclic) bond motifs is 3. The SMILES string of the molecule is CC(C)(C)c1cc(-c2ccc(C3CCCCC3)cc2)c2c(c1)oc1ccccc12. The first-order chi connectivity index (χ1) is 14.0. The van der Waals surface area contributed by atoms with Gasteiger partial charge in [-0.3, -0.25) is 0 Å². The van der Waals surface area contributed by atoms with Gasteiger partial charge in [0.25, 0.3) is 0 Å². The molecule has 1 aliphatic carbocycles. The highest BCUT2D eigenvalue weighted by atomic mass is 16.3. The predicted molar refractivity (Wildman–Crippen MR) is 124 cm³/mol. The number of para-hydroxylation sites is 1. The molecule has 1 nitrogen and oxygen atoms in total. The maximum Gasteiger partial charge on any atom is 0.136 e. The van der Waals surface area contributed by atoms with E-state index >= 15 is 0 Å². The van der Waals surface area contributed by atoms with Gasteiger partial charge < -0.3 is 4.42 Å². The lowest BCUT2D eigenvalue weighted by Crippen LogP contribution is -2.11. The standard InChI is InChI=1S/C28H30O/c1-28(2,3)22-17-24(27-23-11-7-8-12-25(23)29-26(27)18-22)21-15-13-20(14-16-21)19-9-5-4-6-10-19/h7-8,11-19H,4-6,9-10H2,1-3H3. The average Bonchev–Trinajstić information content (AvgIpc) is 3.12. The molecule has 0 spiro atoms. The Morgan fingerprint density at radius 3 is 2.24 bits per heavy atom. The molecule has 1 aliphatic rings. The van der Waals surface area contributed by atoms with Crippen LogP contribution < -0.4 is 0 Å². The van der Waals surface area contributed by atoms with Gasteiger partial charge in [0, 0.05) is 10.8 Å². The van der Waals surface area contributed by atoms with E-state index in [9.17, 15) is 0 Å². The van der Waals surface area contributed by atoms with Crippen molar-refractivity contribution in [2.24, 2.45) is 0 Å². The van der Waals surface area contributed by atoms with Crippen molar-refractivity contribution >= 4 is 21.9 Å². The number of benzene rings is 3. The maximum absolute atomic E-state index is 6.27. The molecule has 1 saturated carbocycles. The normalized spacial score (nSPS) is 16.0. The largest absolute Gasteiger partial charge is 0.456 e. The highest BCUT2D eigenvalue weighted by Crippen LogP contribution is 2.41. The van der Waals surface area contributed by atoms with Crippen molar-refractivity contribution in [2.45, 2.75) is 64.2 Å². The van der Waals surface area contributed by atoms with Crippen molar-refractivity contribution < 1.29 is 4.42 Å². The monoisotopic (exact) mass is 382 g/mol. The van der Waals surface area contributed by atoms with Crippen LogP contribution in [0.5, 0.6) is 0 Å². The lowest BCUT2D eigenvalue weighted by Gasteiger charge is -2.22. The molecule has 1 fully saturated rings. The van der Waals surface area contributed by atoms with Crippen LogP contribution in [0, 0.1) is 0 Å². The van der Waals surface area contributed by atoms with Crippen LogP contribution in [0.15, 0.2) is 65.1 Å². The van der Waals surface area contributed by atoms with E-state index in [1.54, 1.807) is 0 Å². The Hall–Kier alpha value is -2.54. The van der Waals surface area contributed by atoms with Gasteiger partial charge in [-0.05, 0) is 64.6 Å². The van der Waals surface area contributed by atoms with Crippen LogP contribution in [0.3, 0.4) is 0 Å². The van der Waals surface area contributed by atoms with E-state index < -0.39 is 0 Å². The molecule has 0 amide bonds. The number of hydrogen-bond acceptors (Lipinski definition) is 1. The zero-order valence-corrected chi connectivity index (χ0v) is 17.8. The lowest BCUT2D eigenvalue weighted by molar-refractivity contribution is 0.443. The van der Waals surface area contributed by atoms with Gasteiger partial charge in [-0.15, -0.1) is 0 Å². The molecule has 0 saturated heterocycles. The first-order valence-electron chi connectivity index (χ1n) is 11.1. The molecular weight excluding hydrogens is 352 g/mol. The van der Waals surface area contributed by atoms with Crippen molar-refractivity contribution in [3.8, 4) is 11.1 Å². The smallest absolute Gasteiger partial charge is 0.136 e. The molecule has 0 radical (unpaired) electrons. The third kappa shape index (κ3) is 3.37. The first kappa shape index (κ1) is 18.5. The number of furan rings is 1. The summed E-state index contributed by atoms with van der Waals surface area (Å²) >= 11 is 0. The van der Waals surface area contributed by atoms with Crippen molar-refractivity contribution in [3.63, 3.8) is 0 Å². The van der Waals surface area contributed by atoms with Crippen molar-refractivity contribution in [1.29, 1.82) is 0 Å². The fourth-order valence-electron chi connectivity index (χ4n) is 4.89. The summed E-state index contributed by atoms with van der Waals surface area (Å²) in [6, 6.07) is 22.4. The Labute approximate surface area is 173 Å². The van der Waals surface area contributed by atoms with E-state index in [0.717, 1.165) is 17.1 Å². The molecule has 0 N–H and O–H groups in total. The van der Waals surface area contributed by atoms with Gasteiger partial charge in [0.2, 0.25) is 0 Å². The Bertz CT molecular complexity index is 1150. The third-order valence-corrected chi connectivity index (χ3v) is 6.64. The van der Waals surface area contributed by atoms with Gasteiger partial charge in [0.1, 0.15) is 11.2 Å². The van der Waals surface area contributed by atoms with E-state index in [-0.39, 0.29) is 5.41 Å². The molecule has 0 atom stereocenters. The second kappa shape index (κ2) is 7.06. The summed E-state index contributed by atoms with van der Waals surface area (Å²) < 4.78 is 6.27. The van der Waals surface area contributed by atoms with E-state index in [0.29, 0.717) is 0 Å². The van der Waals surface area contributed by atoms with Gasteiger partial charge in [0.05, 0.1) is 0 Å². The van der Waals surface area contributed by atoms with Gasteiger partial charge in [-0.2, -0.15) is 0 Å². The molecule has 29 heavy (non-hydrogen) atoms. The molecule has 5 rings (SSSR count). The van der Waals surface area contributed by atoms with Gasteiger partial charge in [-0.25, -0.2) is 0 Å². The maximum atomic E-state index is 6.27. The average molecular weight is 383 g/mol. The quantitative estimate of drug-likeness (QED) is 0.338. The summed E-state index contributed by atoms with van der Waals surface area (Å²) in [5, 5.41) is 2.44. The predicted octanol–water partition coefficient (Wildman–Crippen LogP) is 8.60. The molecule has 0 bridgehead atoms. The topological polar surface area (TPSA) is 13.1 Å². The Morgan fingerprint density at radius 1 is 0.793 bits per heavy atom. The Balaban J connectivity index is 1.68. The van der Waals surface area contributed by atoms with Crippen LogP contribution in [0.1, 0.15) is 69.9 Å². The first-order valence-corrected chi connectivity index (χ1v) is 11.1. The third-order valence-electron chi connectivity index (χ3n) is 6.64. The van der Waals surface area contributed by atoms with Crippen LogP contribution in [0.2, 0.25) is 0 Å². The molecule has 0 unspecified atom stereocenters. The minimum Gasteiger partial charge on any atom is -0.456 e. The summed E-state index contributed by atoms with van der Waals surface area (Å²) in [6.07, 6.45) is 6.84. The van der Waals surface area contributed by atoms with Crippen molar-refractivity contribution in [3.05, 3.63) is 71.8 Å². The second-order valence-electron chi connectivity index (χ2n) is 9.70.